The first kappa shape index (κ1) is 62.5. The van der Waals surface area contributed by atoms with Gasteiger partial charge in [0.1, 0.15) is 36.2 Å². The van der Waals surface area contributed by atoms with Crippen molar-refractivity contribution in [3.05, 3.63) is 193 Å². The van der Waals surface area contributed by atoms with Gasteiger partial charge in [0.25, 0.3) is 0 Å². The Bertz CT molecular complexity index is 1860. The number of rotatable bonds is 34. The summed E-state index contributed by atoms with van der Waals surface area (Å²) in [4.78, 5) is 0. The van der Waals surface area contributed by atoms with Gasteiger partial charge < -0.3 is 19.7 Å². The summed E-state index contributed by atoms with van der Waals surface area (Å²) in [6.45, 7) is 32.6. The van der Waals surface area contributed by atoms with E-state index in [1.165, 1.54) is 127 Å². The monoisotopic (exact) mass is 953 g/mol. The second-order valence-electron chi connectivity index (χ2n) is 18.3. The molecule has 4 aromatic carbocycles. The Morgan fingerprint density at radius 3 is 0.871 bits per heavy atom. The number of allylic oxidation sites excluding steroid dienone is 4. The molecule has 0 spiro atoms. The lowest BCUT2D eigenvalue weighted by Crippen LogP contribution is -2.00. The van der Waals surface area contributed by atoms with Crippen molar-refractivity contribution >= 4 is 0 Å². The van der Waals surface area contributed by atoms with E-state index in [0.717, 1.165) is 70.6 Å². The Morgan fingerprint density at radius 1 is 0.343 bits per heavy atom. The number of ether oxygens (including phenoxy) is 2. The smallest absolute Gasteiger partial charge is 0.123 e. The molecule has 0 fully saturated rings. The molecule has 0 aliphatic carbocycles. The topological polar surface area (TPSA) is 58.9 Å². The van der Waals surface area contributed by atoms with Gasteiger partial charge in [0.05, 0.1) is 0 Å². The van der Waals surface area contributed by atoms with E-state index in [9.17, 15) is 10.2 Å². The van der Waals surface area contributed by atoms with Crippen LogP contribution in [0, 0.1) is 0 Å². The van der Waals surface area contributed by atoms with Crippen LogP contribution in [0.3, 0.4) is 0 Å². The third-order valence-electron chi connectivity index (χ3n) is 11.9. The number of hydrogen-bond donors (Lipinski definition) is 2. The van der Waals surface area contributed by atoms with Gasteiger partial charge in [0, 0.05) is 0 Å². The highest BCUT2D eigenvalue weighted by molar-refractivity contribution is 5.44. The van der Waals surface area contributed by atoms with Crippen LogP contribution in [0.15, 0.2) is 149 Å². The van der Waals surface area contributed by atoms with Crippen LogP contribution >= 0.6 is 0 Å². The van der Waals surface area contributed by atoms with Crippen LogP contribution in [-0.2, 0) is 38.5 Å². The summed E-state index contributed by atoms with van der Waals surface area (Å²) in [5.41, 5.74) is 8.77. The predicted molar refractivity (Wildman–Crippen MR) is 307 cm³/mol. The van der Waals surface area contributed by atoms with Crippen LogP contribution in [0.5, 0.6) is 23.0 Å². The molecule has 0 aromatic heterocycles. The zero-order chi connectivity index (χ0) is 51.5. The summed E-state index contributed by atoms with van der Waals surface area (Å²) in [5.74, 6) is 2.38. The van der Waals surface area contributed by atoms with Crippen molar-refractivity contribution < 1.29 is 19.7 Å². The molecule has 0 radical (unpaired) electrons. The van der Waals surface area contributed by atoms with Crippen molar-refractivity contribution in [3.8, 4) is 23.0 Å². The molecular weight excluding hydrogens is 857 g/mol. The summed E-state index contributed by atoms with van der Waals surface area (Å²) in [5, 5.41) is 19.6. The van der Waals surface area contributed by atoms with E-state index in [2.05, 4.69) is 91.4 Å². The minimum atomic E-state index is 0.303. The molecule has 0 saturated carbocycles. The number of aromatic hydroxyl groups is 2. The number of phenolic OH excluding ortho intramolecular Hbond substituents is 2. The van der Waals surface area contributed by atoms with Gasteiger partial charge in [0.15, 0.2) is 0 Å². The van der Waals surface area contributed by atoms with E-state index >= 15 is 0 Å². The summed E-state index contributed by atoms with van der Waals surface area (Å²) in [6, 6.07) is 23.9. The Balaban J connectivity index is 0.000000504. The first-order valence-electron chi connectivity index (χ1n) is 26.9. The maximum atomic E-state index is 9.79. The number of hydrogen-bond acceptors (Lipinski definition) is 4. The fourth-order valence-electron chi connectivity index (χ4n) is 8.07. The second-order valence-corrected chi connectivity index (χ2v) is 18.3. The van der Waals surface area contributed by atoms with E-state index in [0.29, 0.717) is 37.6 Å². The minimum absolute atomic E-state index is 0.303. The van der Waals surface area contributed by atoms with Crippen molar-refractivity contribution in [2.75, 3.05) is 13.2 Å². The van der Waals surface area contributed by atoms with Gasteiger partial charge in [-0.2, -0.15) is 0 Å². The number of phenols is 2. The Hall–Kier alpha value is -5.48. The predicted octanol–water partition coefficient (Wildman–Crippen LogP) is 19.1. The van der Waals surface area contributed by atoms with Crippen LogP contribution in [0.1, 0.15) is 188 Å². The average molecular weight is 953 g/mol. The van der Waals surface area contributed by atoms with Crippen LogP contribution < -0.4 is 9.47 Å². The molecule has 4 heteroatoms. The van der Waals surface area contributed by atoms with Crippen LogP contribution in [0.4, 0.5) is 0 Å². The van der Waals surface area contributed by atoms with Crippen molar-refractivity contribution in [2.45, 2.75) is 182 Å². The lowest BCUT2D eigenvalue weighted by atomic mass is 9.98. The summed E-state index contributed by atoms with van der Waals surface area (Å²) in [7, 11) is 0. The van der Waals surface area contributed by atoms with Crippen LogP contribution in [0.25, 0.3) is 0 Å². The standard InChI is InChI=1S/C25H28O2.C19H20O2.2C11H24/c1-5-9-22-18-20(11-13-24(22)26-15-7-3)17-21-12-14-25(27-16-8-4)23(19-21)10-6-2;1-3-5-16-12-14(7-9-18(16)20)11-15-8-10-19(21)17(13-15)6-4-2;2*1-3-5-7-9-11-10-8-6-4-2/h5-8,11-14,18-19H,1-4,9-10,15-17H2;3-4,7-10,12-13,20-21H,1-2,5-6,11H2;2*3-11H2,1-2H3. The zero-order valence-corrected chi connectivity index (χ0v) is 44.7. The quantitative estimate of drug-likeness (QED) is 0.0362. The maximum absolute atomic E-state index is 9.79. The first-order chi connectivity index (χ1) is 34.2. The van der Waals surface area contributed by atoms with Crippen molar-refractivity contribution in [3.63, 3.8) is 0 Å². The van der Waals surface area contributed by atoms with Crippen LogP contribution in [0.2, 0.25) is 0 Å². The molecule has 0 atom stereocenters. The first-order valence-corrected chi connectivity index (χ1v) is 26.9. The molecule has 0 bridgehead atoms. The van der Waals surface area contributed by atoms with Crippen LogP contribution in [-0.4, -0.2) is 23.4 Å². The highest BCUT2D eigenvalue weighted by Gasteiger charge is 2.09. The molecule has 0 aliphatic rings. The number of unbranched alkanes of at least 4 members (excludes halogenated alkanes) is 16. The molecule has 384 valence electrons. The third kappa shape index (κ3) is 28.9. The molecule has 0 heterocycles. The molecule has 0 aliphatic heterocycles. The average Bonchev–Trinajstić information content (AvgIpc) is 3.36. The molecule has 4 rings (SSSR count). The molecular formula is C66H96O4. The highest BCUT2D eigenvalue weighted by Crippen LogP contribution is 2.27. The van der Waals surface area contributed by atoms with E-state index in [-0.39, 0.29) is 0 Å². The lowest BCUT2D eigenvalue weighted by molar-refractivity contribution is 0.359. The van der Waals surface area contributed by atoms with Crippen molar-refractivity contribution in [1.82, 2.24) is 0 Å². The normalized spacial score (nSPS) is 10.2. The molecule has 4 nitrogen and oxygen atoms in total. The van der Waals surface area contributed by atoms with Gasteiger partial charge in [0.2, 0.25) is 0 Å². The van der Waals surface area contributed by atoms with E-state index in [4.69, 9.17) is 9.47 Å². The summed E-state index contributed by atoms with van der Waals surface area (Å²) >= 11 is 0. The lowest BCUT2D eigenvalue weighted by Gasteiger charge is -2.13. The van der Waals surface area contributed by atoms with E-state index in [1.54, 1.807) is 36.4 Å². The van der Waals surface area contributed by atoms with E-state index in [1.807, 2.05) is 48.6 Å². The fourth-order valence-corrected chi connectivity index (χ4v) is 8.07. The Morgan fingerprint density at radius 2 is 0.600 bits per heavy atom. The molecule has 0 saturated heterocycles. The molecule has 70 heavy (non-hydrogen) atoms. The van der Waals surface area contributed by atoms with Crippen molar-refractivity contribution in [1.29, 1.82) is 0 Å². The zero-order valence-electron chi connectivity index (χ0n) is 44.7. The van der Waals surface area contributed by atoms with Crippen molar-refractivity contribution in [2.24, 2.45) is 0 Å². The largest absolute Gasteiger partial charge is 0.508 e. The molecule has 4 aromatic rings. The number of benzene rings is 4. The summed E-state index contributed by atoms with van der Waals surface area (Å²) < 4.78 is 11.5. The SMILES string of the molecule is C=CCOc1ccc(Cc2ccc(OCC=C)c(CC=C)c2)cc1CC=C.C=CCc1cc(Cc2ccc(O)c(CC=C)c2)ccc1O.CCCCCCCCCCC.CCCCCCCCCCC. The van der Waals surface area contributed by atoms with Gasteiger partial charge in [-0.1, -0.05) is 241 Å². The van der Waals surface area contributed by atoms with Gasteiger partial charge in [-0.3, -0.25) is 0 Å². The second kappa shape index (κ2) is 42.4. The highest BCUT2D eigenvalue weighted by atomic mass is 16.5. The summed E-state index contributed by atoms with van der Waals surface area (Å²) in [6.07, 6.45) is 41.2. The van der Waals surface area contributed by atoms with Gasteiger partial charge in [-0.25, -0.2) is 0 Å². The maximum Gasteiger partial charge on any atom is 0.123 e. The van der Waals surface area contributed by atoms with Gasteiger partial charge >= 0.3 is 0 Å². The van der Waals surface area contributed by atoms with Gasteiger partial charge in [-0.05, 0) is 107 Å². The Labute approximate surface area is 429 Å². The minimum Gasteiger partial charge on any atom is -0.508 e. The van der Waals surface area contributed by atoms with E-state index < -0.39 is 0 Å². The molecule has 0 amide bonds. The molecule has 2 N–H and O–H groups in total. The third-order valence-corrected chi connectivity index (χ3v) is 11.9. The van der Waals surface area contributed by atoms with Gasteiger partial charge in [-0.15, -0.1) is 26.3 Å². The fraction of sp³-hybridized carbons (Fsp3) is 0.455. The Kier molecular flexibility index (Phi) is 37.9. The molecule has 0 unspecified atom stereocenters.